The average molecular weight is 260 g/mol. The van der Waals surface area contributed by atoms with Gasteiger partial charge in [-0.05, 0) is 19.3 Å². The summed E-state index contributed by atoms with van der Waals surface area (Å²) in [7, 11) is 3.53. The molecule has 0 aliphatic carbocycles. The number of nitrogens with zero attached hydrogens (tertiary/aromatic N) is 2. The number of aromatic nitrogens is 2. The molecule has 4 nitrogen and oxygen atoms in total. The molecule has 1 heterocycles. The Hall–Kier alpha value is -0.580. The largest absolute Gasteiger partial charge is 0.380 e. The third-order valence-electron chi connectivity index (χ3n) is 3.06. The number of rotatable bonds is 5. The maximum Gasteiger partial charge on any atom is 0.130 e. The highest BCUT2D eigenvalue weighted by molar-refractivity contribution is 6.30. The summed E-state index contributed by atoms with van der Waals surface area (Å²) < 4.78 is 7.11. The Morgan fingerprint density at radius 2 is 2.06 bits per heavy atom. The summed E-state index contributed by atoms with van der Waals surface area (Å²) in [5, 5.41) is 4.95. The van der Waals surface area contributed by atoms with Gasteiger partial charge in [0.05, 0.1) is 11.8 Å². The Labute approximate surface area is 108 Å². The molecule has 1 aromatic heterocycles. The van der Waals surface area contributed by atoms with Crippen LogP contribution in [-0.4, -0.2) is 29.0 Å². The second-order valence-corrected chi connectivity index (χ2v) is 5.15. The van der Waals surface area contributed by atoms with Gasteiger partial charge in [0.15, 0.2) is 0 Å². The summed E-state index contributed by atoms with van der Waals surface area (Å²) in [5.41, 5.74) is 8.14. The van der Waals surface area contributed by atoms with E-state index in [1.807, 2.05) is 14.0 Å². The molecular weight excluding hydrogens is 238 g/mol. The van der Waals surface area contributed by atoms with Crippen LogP contribution in [0.15, 0.2) is 0 Å². The van der Waals surface area contributed by atoms with Crippen LogP contribution in [0, 0.1) is 12.8 Å². The fourth-order valence-electron chi connectivity index (χ4n) is 2.20. The Kier molecular flexibility index (Phi) is 4.98. The Balaban J connectivity index is 2.83. The van der Waals surface area contributed by atoms with Gasteiger partial charge in [0.1, 0.15) is 5.15 Å². The van der Waals surface area contributed by atoms with Crippen LogP contribution in [0.1, 0.15) is 25.1 Å². The van der Waals surface area contributed by atoms with Crippen LogP contribution in [0.3, 0.4) is 0 Å². The molecule has 1 aromatic rings. The molecule has 0 aliphatic rings. The van der Waals surface area contributed by atoms with Crippen LogP contribution in [0.4, 0.5) is 0 Å². The van der Waals surface area contributed by atoms with E-state index < -0.39 is 0 Å². The number of hydrogen-bond donors (Lipinski definition) is 1. The molecule has 0 radical (unpaired) electrons. The summed E-state index contributed by atoms with van der Waals surface area (Å²) in [4.78, 5) is 0. The summed E-state index contributed by atoms with van der Waals surface area (Å²) in [6.45, 7) is 6.16. The number of aryl methyl sites for hydroxylation is 2. The minimum Gasteiger partial charge on any atom is -0.380 e. The van der Waals surface area contributed by atoms with E-state index in [4.69, 9.17) is 22.1 Å². The monoisotopic (exact) mass is 259 g/mol. The van der Waals surface area contributed by atoms with Gasteiger partial charge in [-0.3, -0.25) is 4.68 Å². The van der Waals surface area contributed by atoms with Gasteiger partial charge < -0.3 is 10.5 Å². The van der Waals surface area contributed by atoms with Gasteiger partial charge >= 0.3 is 0 Å². The molecule has 2 unspecified atom stereocenters. The molecule has 17 heavy (non-hydrogen) atoms. The number of halogens is 1. The lowest BCUT2D eigenvalue weighted by molar-refractivity contribution is 0.0441. The van der Waals surface area contributed by atoms with Crippen molar-refractivity contribution in [2.45, 2.75) is 39.3 Å². The second kappa shape index (κ2) is 5.85. The molecule has 0 aromatic carbocycles. The van der Waals surface area contributed by atoms with E-state index in [2.05, 4.69) is 18.9 Å². The first-order valence-corrected chi connectivity index (χ1v) is 6.22. The van der Waals surface area contributed by atoms with Crippen molar-refractivity contribution in [1.29, 1.82) is 0 Å². The van der Waals surface area contributed by atoms with Crippen LogP contribution in [0.25, 0.3) is 0 Å². The molecule has 0 aliphatic heterocycles. The molecule has 2 atom stereocenters. The molecule has 0 amide bonds. The molecule has 1 rings (SSSR count). The molecule has 0 fully saturated rings. The standard InChI is InChI=1S/C12H22ClN3O/c1-7(2)11(17-5)10(14)6-9-8(3)15-16(4)12(9)13/h7,10-11H,6,14H2,1-5H3. The minimum absolute atomic E-state index is 0.0330. The Morgan fingerprint density at radius 1 is 1.47 bits per heavy atom. The van der Waals surface area contributed by atoms with Gasteiger partial charge in [-0.15, -0.1) is 0 Å². The number of methoxy groups -OCH3 is 1. The Morgan fingerprint density at radius 3 is 2.41 bits per heavy atom. The van der Waals surface area contributed by atoms with E-state index in [0.717, 1.165) is 11.3 Å². The highest BCUT2D eigenvalue weighted by atomic mass is 35.5. The van der Waals surface area contributed by atoms with Gasteiger partial charge in [0, 0.05) is 25.8 Å². The van der Waals surface area contributed by atoms with Crippen molar-refractivity contribution in [2.75, 3.05) is 7.11 Å². The summed E-state index contributed by atoms with van der Waals surface area (Å²) >= 11 is 6.19. The number of nitrogens with two attached hydrogens (primary N) is 1. The van der Waals surface area contributed by atoms with Crippen LogP contribution < -0.4 is 5.73 Å². The molecule has 0 saturated carbocycles. The molecular formula is C12H22ClN3O. The zero-order chi connectivity index (χ0) is 13.2. The van der Waals surface area contributed by atoms with E-state index in [0.29, 0.717) is 17.5 Å². The van der Waals surface area contributed by atoms with Crippen molar-refractivity contribution < 1.29 is 4.74 Å². The first-order chi connectivity index (χ1) is 7.88. The van der Waals surface area contributed by atoms with E-state index >= 15 is 0 Å². The fourth-order valence-corrected chi connectivity index (χ4v) is 2.45. The molecule has 0 saturated heterocycles. The highest BCUT2D eigenvalue weighted by Gasteiger charge is 2.24. The first-order valence-electron chi connectivity index (χ1n) is 5.84. The Bertz CT molecular complexity index is 376. The highest BCUT2D eigenvalue weighted by Crippen LogP contribution is 2.22. The van der Waals surface area contributed by atoms with E-state index in [1.165, 1.54) is 0 Å². The van der Waals surface area contributed by atoms with Gasteiger partial charge in [0.25, 0.3) is 0 Å². The number of ether oxygens (including phenoxy) is 1. The van der Waals surface area contributed by atoms with Crippen molar-refractivity contribution >= 4 is 11.6 Å². The zero-order valence-electron chi connectivity index (χ0n) is 11.2. The summed E-state index contributed by atoms with van der Waals surface area (Å²) in [6, 6.07) is -0.0691. The minimum atomic E-state index is -0.0691. The molecule has 5 heteroatoms. The first kappa shape index (κ1) is 14.5. The van der Waals surface area contributed by atoms with Gasteiger partial charge in [0.2, 0.25) is 0 Å². The number of hydrogen-bond acceptors (Lipinski definition) is 3. The van der Waals surface area contributed by atoms with Crippen molar-refractivity contribution in [2.24, 2.45) is 18.7 Å². The molecule has 2 N–H and O–H groups in total. The lowest BCUT2D eigenvalue weighted by Gasteiger charge is -2.25. The predicted molar refractivity (Wildman–Crippen MR) is 70.3 cm³/mol. The van der Waals surface area contributed by atoms with Crippen LogP contribution >= 0.6 is 11.6 Å². The predicted octanol–water partition coefficient (Wildman–Crippen LogP) is 1.92. The van der Waals surface area contributed by atoms with Gasteiger partial charge in [-0.25, -0.2) is 0 Å². The van der Waals surface area contributed by atoms with Crippen molar-refractivity contribution in [3.63, 3.8) is 0 Å². The maximum absolute atomic E-state index is 6.19. The van der Waals surface area contributed by atoms with Crippen LogP contribution in [0.2, 0.25) is 5.15 Å². The van der Waals surface area contributed by atoms with E-state index in [-0.39, 0.29) is 12.1 Å². The zero-order valence-corrected chi connectivity index (χ0v) is 12.0. The topological polar surface area (TPSA) is 53.1 Å². The third kappa shape index (κ3) is 3.21. The molecule has 0 spiro atoms. The van der Waals surface area contributed by atoms with Crippen molar-refractivity contribution in [1.82, 2.24) is 9.78 Å². The van der Waals surface area contributed by atoms with Gasteiger partial charge in [-0.1, -0.05) is 25.4 Å². The van der Waals surface area contributed by atoms with Gasteiger partial charge in [-0.2, -0.15) is 5.10 Å². The van der Waals surface area contributed by atoms with Crippen LogP contribution in [0.5, 0.6) is 0 Å². The van der Waals surface area contributed by atoms with E-state index in [9.17, 15) is 0 Å². The average Bonchev–Trinajstić information content (AvgIpc) is 2.45. The third-order valence-corrected chi connectivity index (χ3v) is 3.53. The molecule has 98 valence electrons. The van der Waals surface area contributed by atoms with E-state index in [1.54, 1.807) is 11.8 Å². The molecule has 0 bridgehead atoms. The maximum atomic E-state index is 6.19. The van der Waals surface area contributed by atoms with Crippen molar-refractivity contribution in [3.05, 3.63) is 16.4 Å². The smallest absolute Gasteiger partial charge is 0.130 e. The SMILES string of the molecule is COC(C(C)C)C(N)Cc1c(C)nn(C)c1Cl. The quantitative estimate of drug-likeness (QED) is 0.879. The lowest BCUT2D eigenvalue weighted by atomic mass is 9.95. The van der Waals surface area contributed by atoms with Crippen LogP contribution in [-0.2, 0) is 18.2 Å². The summed E-state index contributed by atoms with van der Waals surface area (Å²) in [6.07, 6.45) is 0.723. The lowest BCUT2D eigenvalue weighted by Crippen LogP contribution is -2.41. The van der Waals surface area contributed by atoms with Crippen molar-refractivity contribution in [3.8, 4) is 0 Å². The fraction of sp³-hybridized carbons (Fsp3) is 0.750. The second-order valence-electron chi connectivity index (χ2n) is 4.79. The normalized spacial score (nSPS) is 15.3. The summed E-state index contributed by atoms with van der Waals surface area (Å²) in [5.74, 6) is 0.380.